The summed E-state index contributed by atoms with van der Waals surface area (Å²) in [6, 6.07) is 12.2. The first-order valence-corrected chi connectivity index (χ1v) is 11.2. The van der Waals surface area contributed by atoms with Gasteiger partial charge in [-0.25, -0.2) is 4.68 Å². The van der Waals surface area contributed by atoms with E-state index in [-0.39, 0.29) is 18.6 Å². The lowest BCUT2D eigenvalue weighted by molar-refractivity contribution is -0.117. The highest BCUT2D eigenvalue weighted by molar-refractivity contribution is 5.93. The average molecular weight is 447 g/mol. The third-order valence-electron chi connectivity index (χ3n) is 6.13. The van der Waals surface area contributed by atoms with Crippen molar-refractivity contribution in [3.63, 3.8) is 0 Å². The lowest BCUT2D eigenvalue weighted by Crippen LogP contribution is -2.31. The number of likely N-dealkylation sites (N-methyl/N-ethyl adjacent to an activating group) is 1. The maximum absolute atomic E-state index is 12.9. The third-order valence-corrected chi connectivity index (χ3v) is 6.13. The molecule has 0 spiro atoms. The standard InChI is InChI=1S/C25H30N6O2/c1-18-19(2)30(16-22-10-7-11-33-22)25(23(18)12-26)28-24(32)17-29(3)14-20-13-27-31(15-20)21-8-5-4-6-9-21/h4-6,8-9,13,15,22H,7,10-11,14,16-17H2,1-3H3,(H,28,32). The number of rotatable bonds is 8. The summed E-state index contributed by atoms with van der Waals surface area (Å²) in [4.78, 5) is 14.8. The first-order chi connectivity index (χ1) is 16.0. The van der Waals surface area contributed by atoms with Crippen LogP contribution in [0.4, 0.5) is 5.82 Å². The highest BCUT2D eigenvalue weighted by Gasteiger charge is 2.24. The van der Waals surface area contributed by atoms with E-state index in [1.165, 1.54) is 0 Å². The number of hydrogen-bond acceptors (Lipinski definition) is 5. The van der Waals surface area contributed by atoms with E-state index >= 15 is 0 Å². The fourth-order valence-electron chi connectivity index (χ4n) is 4.30. The molecular weight excluding hydrogens is 416 g/mol. The zero-order valence-corrected chi connectivity index (χ0v) is 19.4. The molecule has 33 heavy (non-hydrogen) atoms. The summed E-state index contributed by atoms with van der Waals surface area (Å²) in [6.07, 6.45) is 5.93. The van der Waals surface area contributed by atoms with Crippen molar-refractivity contribution in [3.05, 3.63) is 65.1 Å². The Morgan fingerprint density at radius 2 is 2.12 bits per heavy atom. The van der Waals surface area contributed by atoms with Gasteiger partial charge >= 0.3 is 0 Å². The summed E-state index contributed by atoms with van der Waals surface area (Å²) in [5.41, 5.74) is 4.41. The molecule has 1 aromatic carbocycles. The number of hydrogen-bond donors (Lipinski definition) is 1. The van der Waals surface area contributed by atoms with Gasteiger partial charge in [-0.3, -0.25) is 9.69 Å². The van der Waals surface area contributed by atoms with Crippen LogP contribution in [0.3, 0.4) is 0 Å². The van der Waals surface area contributed by atoms with Crippen molar-refractivity contribution in [1.82, 2.24) is 19.2 Å². The Hall–Kier alpha value is -3.41. The molecule has 1 aliphatic rings. The Kier molecular flexibility index (Phi) is 6.92. The van der Waals surface area contributed by atoms with Crippen LogP contribution in [0.25, 0.3) is 5.69 Å². The van der Waals surface area contributed by atoms with Gasteiger partial charge in [0.25, 0.3) is 0 Å². The summed E-state index contributed by atoms with van der Waals surface area (Å²) >= 11 is 0. The summed E-state index contributed by atoms with van der Waals surface area (Å²) in [5.74, 6) is 0.411. The monoisotopic (exact) mass is 446 g/mol. The first-order valence-electron chi connectivity index (χ1n) is 11.2. The summed E-state index contributed by atoms with van der Waals surface area (Å²) < 4.78 is 9.63. The molecule has 1 aliphatic heterocycles. The van der Waals surface area contributed by atoms with E-state index in [0.29, 0.717) is 24.5 Å². The number of nitriles is 1. The van der Waals surface area contributed by atoms with Crippen molar-refractivity contribution in [2.24, 2.45) is 0 Å². The van der Waals surface area contributed by atoms with Crippen molar-refractivity contribution in [2.75, 3.05) is 25.5 Å². The van der Waals surface area contributed by atoms with Gasteiger partial charge in [-0.15, -0.1) is 0 Å². The normalized spacial score (nSPS) is 15.7. The van der Waals surface area contributed by atoms with E-state index in [1.807, 2.05) is 77.8 Å². The Morgan fingerprint density at radius 1 is 1.33 bits per heavy atom. The van der Waals surface area contributed by atoms with Gasteiger partial charge < -0.3 is 14.6 Å². The number of nitrogens with one attached hydrogen (secondary N) is 1. The number of nitrogens with zero attached hydrogens (tertiary/aromatic N) is 5. The SMILES string of the molecule is Cc1c(C#N)c(NC(=O)CN(C)Cc2cnn(-c3ccccc3)c2)n(CC2CCCO2)c1C. The van der Waals surface area contributed by atoms with Crippen LogP contribution < -0.4 is 5.32 Å². The van der Waals surface area contributed by atoms with E-state index in [9.17, 15) is 10.1 Å². The molecule has 0 radical (unpaired) electrons. The summed E-state index contributed by atoms with van der Waals surface area (Å²) in [5, 5.41) is 17.1. The number of ether oxygens (including phenoxy) is 1. The second-order valence-electron chi connectivity index (χ2n) is 8.64. The molecule has 172 valence electrons. The minimum absolute atomic E-state index is 0.113. The predicted molar refractivity (Wildman–Crippen MR) is 126 cm³/mol. The summed E-state index contributed by atoms with van der Waals surface area (Å²) in [6.45, 7) is 6.09. The maximum Gasteiger partial charge on any atom is 0.239 e. The Labute approximate surface area is 194 Å². The van der Waals surface area contributed by atoms with Crippen molar-refractivity contribution in [2.45, 2.75) is 45.9 Å². The molecule has 2 aromatic heterocycles. The molecule has 0 bridgehead atoms. The van der Waals surface area contributed by atoms with Crippen molar-refractivity contribution < 1.29 is 9.53 Å². The fraction of sp³-hybridized carbons (Fsp3) is 0.400. The van der Waals surface area contributed by atoms with Gasteiger partial charge in [0.1, 0.15) is 11.9 Å². The fourth-order valence-corrected chi connectivity index (χ4v) is 4.30. The van der Waals surface area contributed by atoms with Gasteiger partial charge in [0.2, 0.25) is 5.91 Å². The van der Waals surface area contributed by atoms with Crippen molar-refractivity contribution in [3.8, 4) is 11.8 Å². The molecule has 1 fully saturated rings. The van der Waals surface area contributed by atoms with Gasteiger partial charge in [-0.1, -0.05) is 18.2 Å². The van der Waals surface area contributed by atoms with Crippen molar-refractivity contribution in [1.29, 1.82) is 5.26 Å². The van der Waals surface area contributed by atoms with Crippen LogP contribution in [0, 0.1) is 25.2 Å². The number of carbonyl (C=O) groups is 1. The van der Waals surface area contributed by atoms with E-state index in [0.717, 1.165) is 42.0 Å². The van der Waals surface area contributed by atoms with Crippen LogP contribution in [0.2, 0.25) is 0 Å². The molecule has 8 heteroatoms. The van der Waals surface area contributed by atoms with Crippen molar-refractivity contribution >= 4 is 11.7 Å². The smallest absolute Gasteiger partial charge is 0.239 e. The molecule has 3 heterocycles. The second-order valence-corrected chi connectivity index (χ2v) is 8.64. The molecule has 1 N–H and O–H groups in total. The lowest BCUT2D eigenvalue weighted by Gasteiger charge is -2.19. The second kappa shape index (κ2) is 10.0. The molecule has 4 rings (SSSR count). The lowest BCUT2D eigenvalue weighted by atomic mass is 10.2. The topological polar surface area (TPSA) is 88.1 Å². The molecule has 1 unspecified atom stereocenters. The molecule has 8 nitrogen and oxygen atoms in total. The quantitative estimate of drug-likeness (QED) is 0.573. The van der Waals surface area contributed by atoms with Gasteiger partial charge in [0.15, 0.2) is 0 Å². The minimum atomic E-state index is -0.157. The first kappa shape index (κ1) is 22.8. The van der Waals surface area contributed by atoms with Crippen LogP contribution in [0.15, 0.2) is 42.7 Å². The van der Waals surface area contributed by atoms with Gasteiger partial charge in [-0.05, 0) is 51.4 Å². The maximum atomic E-state index is 12.9. The number of para-hydroxylation sites is 1. The predicted octanol–water partition coefficient (Wildman–Crippen LogP) is 3.41. The zero-order chi connectivity index (χ0) is 23.4. The number of amides is 1. The van der Waals surface area contributed by atoms with E-state index < -0.39 is 0 Å². The molecule has 1 atom stereocenters. The van der Waals surface area contributed by atoms with E-state index in [4.69, 9.17) is 4.74 Å². The average Bonchev–Trinajstić information content (AvgIpc) is 3.53. The van der Waals surface area contributed by atoms with Gasteiger partial charge in [-0.2, -0.15) is 10.4 Å². The molecular formula is C25H30N6O2. The Morgan fingerprint density at radius 3 is 2.82 bits per heavy atom. The summed E-state index contributed by atoms with van der Waals surface area (Å²) in [7, 11) is 1.90. The van der Waals surface area contributed by atoms with Crippen LogP contribution in [0.1, 0.15) is 35.2 Å². The largest absolute Gasteiger partial charge is 0.376 e. The molecule has 0 saturated carbocycles. The number of aromatic nitrogens is 3. The van der Waals surface area contributed by atoms with E-state index in [1.54, 1.807) is 0 Å². The van der Waals surface area contributed by atoms with Gasteiger partial charge in [0.05, 0.1) is 36.6 Å². The highest BCUT2D eigenvalue weighted by atomic mass is 16.5. The molecule has 3 aromatic rings. The number of anilines is 1. The Balaban J connectivity index is 1.42. The highest BCUT2D eigenvalue weighted by Crippen LogP contribution is 2.28. The molecule has 0 aliphatic carbocycles. The van der Waals surface area contributed by atoms with Crippen LogP contribution in [-0.2, 0) is 22.6 Å². The molecule has 1 amide bonds. The molecule has 1 saturated heterocycles. The van der Waals surface area contributed by atoms with Crippen LogP contribution >= 0.6 is 0 Å². The van der Waals surface area contributed by atoms with E-state index in [2.05, 4.69) is 16.5 Å². The third kappa shape index (κ3) is 5.16. The van der Waals surface area contributed by atoms with Gasteiger partial charge in [0, 0.05) is 30.6 Å². The zero-order valence-electron chi connectivity index (χ0n) is 19.4. The van der Waals surface area contributed by atoms with Crippen LogP contribution in [-0.4, -0.2) is 51.5 Å². The number of carbonyl (C=O) groups excluding carboxylic acids is 1. The van der Waals surface area contributed by atoms with Crippen LogP contribution in [0.5, 0.6) is 0 Å². The Bertz CT molecular complexity index is 1150. The number of benzene rings is 1. The minimum Gasteiger partial charge on any atom is -0.376 e.